The van der Waals surface area contributed by atoms with Crippen LogP contribution in [0.2, 0.25) is 0 Å². The Labute approximate surface area is 170 Å². The Bertz CT molecular complexity index is 970. The highest BCUT2D eigenvalue weighted by molar-refractivity contribution is 8.01. The van der Waals surface area contributed by atoms with Crippen LogP contribution in [0.1, 0.15) is 15.9 Å². The summed E-state index contributed by atoms with van der Waals surface area (Å²) in [6.07, 6.45) is 3.12. The zero-order valence-corrected chi connectivity index (χ0v) is 16.6. The molecule has 1 heterocycles. The van der Waals surface area contributed by atoms with Crippen LogP contribution in [0.4, 0.5) is 5.13 Å². The number of nitrogens with one attached hydrogen (secondary N) is 1. The third kappa shape index (κ3) is 5.77. The number of ketones is 1. The van der Waals surface area contributed by atoms with Crippen molar-refractivity contribution in [1.29, 1.82) is 0 Å². The second kappa shape index (κ2) is 9.82. The van der Waals surface area contributed by atoms with E-state index in [0.29, 0.717) is 15.0 Å². The molecule has 2 aromatic carbocycles. The molecular weight excluding hydrogens is 394 g/mol. The molecule has 6 nitrogen and oxygen atoms in total. The van der Waals surface area contributed by atoms with Crippen molar-refractivity contribution in [2.45, 2.75) is 4.34 Å². The number of ether oxygens (including phenoxy) is 1. The van der Waals surface area contributed by atoms with E-state index in [0.717, 1.165) is 11.3 Å². The highest BCUT2D eigenvalue weighted by Gasteiger charge is 2.10. The summed E-state index contributed by atoms with van der Waals surface area (Å²) in [6.45, 7) is 0. The van der Waals surface area contributed by atoms with Crippen molar-refractivity contribution >= 4 is 46.0 Å². The van der Waals surface area contributed by atoms with Crippen LogP contribution in [0.5, 0.6) is 5.75 Å². The molecule has 0 atom stereocenters. The Kier molecular flexibility index (Phi) is 6.94. The summed E-state index contributed by atoms with van der Waals surface area (Å²) in [4.78, 5) is 24.1. The molecule has 0 aliphatic heterocycles. The maximum atomic E-state index is 12.1. The maximum Gasteiger partial charge on any atom is 0.250 e. The molecule has 8 heteroatoms. The predicted molar refractivity (Wildman–Crippen MR) is 112 cm³/mol. The fraction of sp³-hybridized carbons (Fsp3) is 0.100. The molecule has 0 aliphatic rings. The first-order valence-corrected chi connectivity index (χ1v) is 10.1. The van der Waals surface area contributed by atoms with Crippen molar-refractivity contribution in [1.82, 2.24) is 10.2 Å². The Morgan fingerprint density at radius 1 is 1.11 bits per heavy atom. The lowest BCUT2D eigenvalue weighted by atomic mass is 10.2. The minimum Gasteiger partial charge on any atom is -0.497 e. The normalized spacial score (nSPS) is 10.8. The third-order valence-corrected chi connectivity index (χ3v) is 5.57. The van der Waals surface area contributed by atoms with E-state index in [4.69, 9.17) is 4.74 Å². The van der Waals surface area contributed by atoms with Crippen molar-refractivity contribution in [3.05, 3.63) is 71.8 Å². The molecule has 0 fully saturated rings. The van der Waals surface area contributed by atoms with Crippen molar-refractivity contribution < 1.29 is 14.3 Å². The highest BCUT2D eigenvalue weighted by Crippen LogP contribution is 2.26. The number of hydrogen-bond acceptors (Lipinski definition) is 7. The minimum atomic E-state index is -0.302. The van der Waals surface area contributed by atoms with Crippen molar-refractivity contribution in [2.24, 2.45) is 0 Å². The molecule has 0 unspecified atom stereocenters. The zero-order chi connectivity index (χ0) is 19.8. The topological polar surface area (TPSA) is 81.2 Å². The van der Waals surface area contributed by atoms with Gasteiger partial charge in [0, 0.05) is 11.6 Å². The molecule has 0 aliphatic carbocycles. The maximum absolute atomic E-state index is 12.1. The molecular formula is C20H17N3O3S2. The van der Waals surface area contributed by atoms with Gasteiger partial charge >= 0.3 is 0 Å². The van der Waals surface area contributed by atoms with Crippen LogP contribution in [0.15, 0.2) is 65.0 Å². The van der Waals surface area contributed by atoms with Crippen LogP contribution in [0, 0.1) is 0 Å². The lowest BCUT2D eigenvalue weighted by molar-refractivity contribution is -0.111. The van der Waals surface area contributed by atoms with Gasteiger partial charge in [0.05, 0.1) is 12.9 Å². The quantitative estimate of drug-likeness (QED) is 0.259. The molecule has 3 rings (SSSR count). The van der Waals surface area contributed by atoms with E-state index in [1.807, 2.05) is 42.5 Å². The summed E-state index contributed by atoms with van der Waals surface area (Å²) in [7, 11) is 1.60. The average Bonchev–Trinajstić information content (AvgIpc) is 3.18. The van der Waals surface area contributed by atoms with E-state index >= 15 is 0 Å². The Morgan fingerprint density at radius 2 is 1.86 bits per heavy atom. The molecule has 0 radical (unpaired) electrons. The van der Waals surface area contributed by atoms with Crippen molar-refractivity contribution in [2.75, 3.05) is 18.2 Å². The van der Waals surface area contributed by atoms with Crippen LogP contribution in [-0.2, 0) is 4.79 Å². The zero-order valence-electron chi connectivity index (χ0n) is 15.0. The lowest BCUT2D eigenvalue weighted by Crippen LogP contribution is -2.07. The Balaban J connectivity index is 1.50. The van der Waals surface area contributed by atoms with E-state index in [9.17, 15) is 9.59 Å². The number of rotatable bonds is 8. The largest absolute Gasteiger partial charge is 0.497 e. The van der Waals surface area contributed by atoms with Crippen molar-refractivity contribution in [3.8, 4) is 5.75 Å². The third-order valence-electron chi connectivity index (χ3n) is 3.60. The van der Waals surface area contributed by atoms with Crippen LogP contribution < -0.4 is 10.1 Å². The summed E-state index contributed by atoms with van der Waals surface area (Å²) in [5.74, 6) is 0.744. The van der Waals surface area contributed by atoms with Gasteiger partial charge < -0.3 is 4.74 Å². The fourth-order valence-corrected chi connectivity index (χ4v) is 3.84. The lowest BCUT2D eigenvalue weighted by Gasteiger charge is -1.99. The predicted octanol–water partition coefficient (Wildman–Crippen LogP) is 4.17. The first-order chi connectivity index (χ1) is 13.6. The van der Waals surface area contributed by atoms with E-state index in [-0.39, 0.29) is 17.4 Å². The summed E-state index contributed by atoms with van der Waals surface area (Å²) in [5, 5.41) is 11.0. The molecule has 1 N–H and O–H groups in total. The van der Waals surface area contributed by atoms with Gasteiger partial charge in [-0.15, -0.1) is 10.2 Å². The summed E-state index contributed by atoms with van der Waals surface area (Å²) < 4.78 is 5.72. The molecule has 0 saturated carbocycles. The Hall–Kier alpha value is -2.97. The average molecular weight is 412 g/mol. The number of amides is 1. The van der Waals surface area contributed by atoms with Gasteiger partial charge in [-0.3, -0.25) is 14.9 Å². The van der Waals surface area contributed by atoms with Gasteiger partial charge in [0.1, 0.15) is 5.75 Å². The SMILES string of the molecule is COc1ccc(/C=C/C(=O)Nc2nnc(SCC(=O)c3ccccc3)s2)cc1. The van der Waals surface area contributed by atoms with Gasteiger partial charge in [-0.25, -0.2) is 0 Å². The molecule has 1 aromatic heterocycles. The molecule has 0 spiro atoms. The van der Waals surface area contributed by atoms with Crippen LogP contribution in [0.25, 0.3) is 6.08 Å². The van der Waals surface area contributed by atoms with Gasteiger partial charge in [-0.05, 0) is 23.8 Å². The number of aromatic nitrogens is 2. The number of methoxy groups -OCH3 is 1. The molecule has 1 amide bonds. The molecule has 142 valence electrons. The van der Waals surface area contributed by atoms with Crippen LogP contribution in [0.3, 0.4) is 0 Å². The van der Waals surface area contributed by atoms with Gasteiger partial charge in [-0.1, -0.05) is 65.6 Å². The molecule has 3 aromatic rings. The number of carbonyl (C=O) groups excluding carboxylic acids is 2. The second-order valence-corrected chi connectivity index (χ2v) is 7.75. The van der Waals surface area contributed by atoms with E-state index in [1.54, 1.807) is 25.3 Å². The molecule has 28 heavy (non-hydrogen) atoms. The van der Waals surface area contributed by atoms with Gasteiger partial charge in [-0.2, -0.15) is 0 Å². The van der Waals surface area contributed by atoms with Gasteiger partial charge in [0.25, 0.3) is 0 Å². The number of nitrogens with zero attached hydrogens (tertiary/aromatic N) is 2. The van der Waals surface area contributed by atoms with Gasteiger partial charge in [0.15, 0.2) is 10.1 Å². The van der Waals surface area contributed by atoms with Crippen molar-refractivity contribution in [3.63, 3.8) is 0 Å². The molecule has 0 saturated heterocycles. The van der Waals surface area contributed by atoms with Gasteiger partial charge in [0.2, 0.25) is 11.0 Å². The second-order valence-electron chi connectivity index (χ2n) is 5.55. The molecule has 0 bridgehead atoms. The number of Topliss-reactive ketones (excluding diaryl/α,β-unsaturated/α-hetero) is 1. The smallest absolute Gasteiger partial charge is 0.250 e. The first kappa shape index (κ1) is 19.8. The van der Waals surface area contributed by atoms with Crippen LogP contribution >= 0.6 is 23.1 Å². The number of anilines is 1. The summed E-state index contributed by atoms with van der Waals surface area (Å²) in [6, 6.07) is 16.4. The summed E-state index contributed by atoms with van der Waals surface area (Å²) >= 11 is 2.53. The number of benzene rings is 2. The number of carbonyl (C=O) groups is 2. The van der Waals surface area contributed by atoms with E-state index in [2.05, 4.69) is 15.5 Å². The monoisotopic (exact) mass is 411 g/mol. The Morgan fingerprint density at radius 3 is 2.57 bits per heavy atom. The van der Waals surface area contributed by atoms with E-state index < -0.39 is 0 Å². The minimum absolute atomic E-state index is 0.0220. The van der Waals surface area contributed by atoms with E-state index in [1.165, 1.54) is 29.2 Å². The number of hydrogen-bond donors (Lipinski definition) is 1. The first-order valence-electron chi connectivity index (χ1n) is 8.32. The highest BCUT2D eigenvalue weighted by atomic mass is 32.2. The fourth-order valence-electron chi connectivity index (χ4n) is 2.19. The van der Waals surface area contributed by atoms with Crippen LogP contribution in [-0.4, -0.2) is 34.8 Å². The standard InChI is InChI=1S/C20H17N3O3S2/c1-26-16-10-7-14(8-11-16)9-12-18(25)21-19-22-23-20(28-19)27-13-17(24)15-5-3-2-4-6-15/h2-12H,13H2,1H3,(H,21,22,25)/b12-9+. The summed E-state index contributed by atoms with van der Waals surface area (Å²) in [5.41, 5.74) is 1.54. The number of thioether (sulfide) groups is 1.